The van der Waals surface area contributed by atoms with E-state index in [9.17, 15) is 4.79 Å². The van der Waals surface area contributed by atoms with Gasteiger partial charge in [-0.15, -0.1) is 0 Å². The highest BCUT2D eigenvalue weighted by Crippen LogP contribution is 2.16. The largest absolute Gasteiger partial charge is 0.396 e. The fourth-order valence-electron chi connectivity index (χ4n) is 1.02. The van der Waals surface area contributed by atoms with Gasteiger partial charge in [0.25, 0.3) is 0 Å². The van der Waals surface area contributed by atoms with Crippen molar-refractivity contribution >= 4 is 5.78 Å². The molecule has 50 valence electrons. The topological polar surface area (TPSA) is 37.3 Å². The zero-order valence-electron chi connectivity index (χ0n) is 5.21. The predicted octanol–water partition coefficient (Wildman–Crippen LogP) is 0.514. The minimum Gasteiger partial charge on any atom is -0.396 e. The molecule has 0 saturated carbocycles. The SMILES string of the molecule is O=C1C=CCC1CCO. The third-order valence-corrected chi connectivity index (χ3v) is 1.58. The maximum Gasteiger partial charge on any atom is 0.158 e. The monoisotopic (exact) mass is 126 g/mol. The van der Waals surface area contributed by atoms with Crippen LogP contribution in [0.15, 0.2) is 12.2 Å². The van der Waals surface area contributed by atoms with Crippen LogP contribution in [0.5, 0.6) is 0 Å². The van der Waals surface area contributed by atoms with Crippen LogP contribution < -0.4 is 0 Å². The van der Waals surface area contributed by atoms with Crippen LogP contribution in [0.2, 0.25) is 0 Å². The summed E-state index contributed by atoms with van der Waals surface area (Å²) in [4.78, 5) is 10.8. The Morgan fingerprint density at radius 3 is 3.00 bits per heavy atom. The van der Waals surface area contributed by atoms with E-state index in [1.54, 1.807) is 6.08 Å². The quantitative estimate of drug-likeness (QED) is 0.585. The van der Waals surface area contributed by atoms with Gasteiger partial charge in [0, 0.05) is 12.5 Å². The first-order valence-corrected chi connectivity index (χ1v) is 3.16. The summed E-state index contributed by atoms with van der Waals surface area (Å²) < 4.78 is 0. The number of aliphatic hydroxyl groups is 1. The van der Waals surface area contributed by atoms with Crippen LogP contribution in [0.4, 0.5) is 0 Å². The van der Waals surface area contributed by atoms with Crippen LogP contribution >= 0.6 is 0 Å². The summed E-state index contributed by atoms with van der Waals surface area (Å²) in [7, 11) is 0. The highest BCUT2D eigenvalue weighted by Gasteiger charge is 2.17. The number of hydrogen-bond acceptors (Lipinski definition) is 2. The lowest BCUT2D eigenvalue weighted by molar-refractivity contribution is -0.117. The normalized spacial score (nSPS) is 25.4. The molecule has 0 aromatic carbocycles. The van der Waals surface area contributed by atoms with E-state index in [4.69, 9.17) is 5.11 Å². The molecule has 0 amide bonds. The summed E-state index contributed by atoms with van der Waals surface area (Å²) in [6, 6.07) is 0. The van der Waals surface area contributed by atoms with Crippen LogP contribution in [0.1, 0.15) is 12.8 Å². The Balaban J connectivity index is 2.37. The van der Waals surface area contributed by atoms with Gasteiger partial charge in [-0.2, -0.15) is 0 Å². The van der Waals surface area contributed by atoms with E-state index in [1.807, 2.05) is 6.08 Å². The Labute approximate surface area is 54.2 Å². The van der Waals surface area contributed by atoms with E-state index in [-0.39, 0.29) is 18.3 Å². The van der Waals surface area contributed by atoms with Crippen LogP contribution in [0.3, 0.4) is 0 Å². The molecule has 0 aromatic rings. The third kappa shape index (κ3) is 1.39. The van der Waals surface area contributed by atoms with Crippen LogP contribution in [0.25, 0.3) is 0 Å². The number of aliphatic hydroxyl groups excluding tert-OH is 1. The number of hydrogen-bond donors (Lipinski definition) is 1. The fourth-order valence-corrected chi connectivity index (χ4v) is 1.02. The Bertz CT molecular complexity index is 138. The average molecular weight is 126 g/mol. The molecule has 0 bridgehead atoms. The molecule has 2 nitrogen and oxygen atoms in total. The molecule has 0 heterocycles. The first-order chi connectivity index (χ1) is 4.34. The molecule has 0 spiro atoms. The number of ketones is 1. The van der Waals surface area contributed by atoms with Crippen molar-refractivity contribution in [3.8, 4) is 0 Å². The molecule has 1 aliphatic carbocycles. The van der Waals surface area contributed by atoms with Crippen molar-refractivity contribution in [3.63, 3.8) is 0 Å². The minimum atomic E-state index is 0.0787. The van der Waals surface area contributed by atoms with Gasteiger partial charge in [0.15, 0.2) is 5.78 Å². The van der Waals surface area contributed by atoms with Gasteiger partial charge in [0.1, 0.15) is 0 Å². The summed E-state index contributed by atoms with van der Waals surface area (Å²) in [5.74, 6) is 0.249. The molecule has 1 atom stereocenters. The second kappa shape index (κ2) is 2.78. The molecule has 0 radical (unpaired) electrons. The molecule has 1 aliphatic rings. The summed E-state index contributed by atoms with van der Waals surface area (Å²) in [6.45, 7) is 0.123. The predicted molar refractivity (Wildman–Crippen MR) is 34.0 cm³/mol. The van der Waals surface area contributed by atoms with Crippen molar-refractivity contribution < 1.29 is 9.90 Å². The van der Waals surface area contributed by atoms with Crippen LogP contribution in [-0.4, -0.2) is 17.5 Å². The van der Waals surface area contributed by atoms with Crippen molar-refractivity contribution in [2.24, 2.45) is 5.92 Å². The van der Waals surface area contributed by atoms with E-state index in [0.29, 0.717) is 6.42 Å². The highest BCUT2D eigenvalue weighted by molar-refractivity contribution is 5.93. The lowest BCUT2D eigenvalue weighted by Crippen LogP contribution is -2.07. The van der Waals surface area contributed by atoms with E-state index >= 15 is 0 Å². The molecule has 9 heavy (non-hydrogen) atoms. The van der Waals surface area contributed by atoms with Gasteiger partial charge in [-0.25, -0.2) is 0 Å². The Morgan fingerprint density at radius 2 is 2.56 bits per heavy atom. The van der Waals surface area contributed by atoms with Crippen molar-refractivity contribution in [2.75, 3.05) is 6.61 Å². The highest BCUT2D eigenvalue weighted by atomic mass is 16.3. The second-order valence-corrected chi connectivity index (χ2v) is 2.25. The standard InChI is InChI=1S/C7H10O2/c8-5-4-6-2-1-3-7(6)9/h1,3,6,8H,2,4-5H2. The van der Waals surface area contributed by atoms with Gasteiger partial charge in [-0.1, -0.05) is 6.08 Å². The first-order valence-electron chi connectivity index (χ1n) is 3.16. The van der Waals surface area contributed by atoms with Crippen molar-refractivity contribution in [1.82, 2.24) is 0 Å². The first kappa shape index (κ1) is 6.49. The smallest absolute Gasteiger partial charge is 0.158 e. The van der Waals surface area contributed by atoms with E-state index in [1.165, 1.54) is 0 Å². The van der Waals surface area contributed by atoms with Gasteiger partial charge >= 0.3 is 0 Å². The van der Waals surface area contributed by atoms with Crippen LogP contribution in [0, 0.1) is 5.92 Å². The van der Waals surface area contributed by atoms with Gasteiger partial charge in [-0.05, 0) is 18.9 Å². The van der Waals surface area contributed by atoms with Gasteiger partial charge in [0.2, 0.25) is 0 Å². The number of rotatable bonds is 2. The summed E-state index contributed by atoms with van der Waals surface area (Å²) in [6.07, 6.45) is 4.90. The molecule has 1 unspecified atom stereocenters. The van der Waals surface area contributed by atoms with Crippen molar-refractivity contribution in [1.29, 1.82) is 0 Å². The summed E-state index contributed by atoms with van der Waals surface area (Å²) in [5.41, 5.74) is 0. The molecule has 0 aromatic heterocycles. The molecule has 2 heteroatoms. The summed E-state index contributed by atoms with van der Waals surface area (Å²) >= 11 is 0. The Kier molecular flexibility index (Phi) is 2.01. The number of carbonyl (C=O) groups excluding carboxylic acids is 1. The van der Waals surface area contributed by atoms with Gasteiger partial charge in [0.05, 0.1) is 0 Å². The molecular formula is C7H10O2. The van der Waals surface area contributed by atoms with Gasteiger partial charge in [-0.3, -0.25) is 4.79 Å². The number of carbonyl (C=O) groups is 1. The fraction of sp³-hybridized carbons (Fsp3) is 0.571. The van der Waals surface area contributed by atoms with E-state index < -0.39 is 0 Å². The third-order valence-electron chi connectivity index (χ3n) is 1.58. The maximum absolute atomic E-state index is 10.8. The summed E-state index contributed by atoms with van der Waals surface area (Å²) in [5, 5.41) is 8.46. The lowest BCUT2D eigenvalue weighted by atomic mass is 10.0. The molecule has 0 saturated heterocycles. The molecular weight excluding hydrogens is 116 g/mol. The van der Waals surface area contributed by atoms with Crippen molar-refractivity contribution in [2.45, 2.75) is 12.8 Å². The lowest BCUT2D eigenvalue weighted by Gasteiger charge is -2.02. The van der Waals surface area contributed by atoms with E-state index in [2.05, 4.69) is 0 Å². The zero-order valence-corrected chi connectivity index (χ0v) is 5.21. The minimum absolute atomic E-state index is 0.0787. The molecule has 0 fully saturated rings. The van der Waals surface area contributed by atoms with Gasteiger partial charge < -0.3 is 5.11 Å². The maximum atomic E-state index is 10.8. The Morgan fingerprint density at radius 1 is 1.78 bits per heavy atom. The molecule has 1 rings (SSSR count). The molecule has 1 N–H and O–H groups in total. The number of allylic oxidation sites excluding steroid dienone is 2. The average Bonchev–Trinajstić information content (AvgIpc) is 2.18. The van der Waals surface area contributed by atoms with E-state index in [0.717, 1.165) is 6.42 Å². The second-order valence-electron chi connectivity index (χ2n) is 2.25. The molecule has 0 aliphatic heterocycles. The zero-order chi connectivity index (χ0) is 6.69. The van der Waals surface area contributed by atoms with Crippen LogP contribution in [-0.2, 0) is 4.79 Å². The van der Waals surface area contributed by atoms with Crippen molar-refractivity contribution in [3.05, 3.63) is 12.2 Å². The Hall–Kier alpha value is -0.630.